The molecule has 0 aliphatic rings. The second kappa shape index (κ2) is 4.11. The maximum Gasteiger partial charge on any atom is 0.0299 e. The zero-order chi connectivity index (χ0) is 9.97. The third-order valence-electron chi connectivity index (χ3n) is 2.19. The fourth-order valence-electron chi connectivity index (χ4n) is 1.26. The SMILES string of the molecule is Cc1ccsc1C=Cc1sccc1C. The molecule has 0 nitrogen and oxygen atoms in total. The molecule has 0 aromatic carbocycles. The summed E-state index contributed by atoms with van der Waals surface area (Å²) in [4.78, 5) is 2.72. The van der Waals surface area contributed by atoms with Crippen LogP contribution in [0.25, 0.3) is 12.2 Å². The van der Waals surface area contributed by atoms with Gasteiger partial charge in [-0.3, -0.25) is 0 Å². The molecule has 2 rings (SSSR count). The smallest absolute Gasteiger partial charge is 0.0299 e. The maximum absolute atomic E-state index is 2.21. The Morgan fingerprint density at radius 2 is 1.29 bits per heavy atom. The Balaban J connectivity index is 2.23. The summed E-state index contributed by atoms with van der Waals surface area (Å²) in [7, 11) is 0. The molecule has 0 N–H and O–H groups in total. The van der Waals surface area contributed by atoms with Gasteiger partial charge in [0.2, 0.25) is 0 Å². The lowest BCUT2D eigenvalue weighted by Crippen LogP contribution is -1.69. The lowest BCUT2D eigenvalue weighted by Gasteiger charge is -1.90. The van der Waals surface area contributed by atoms with E-state index in [1.54, 1.807) is 22.7 Å². The summed E-state index contributed by atoms with van der Waals surface area (Å²) in [5, 5.41) is 4.27. The van der Waals surface area contributed by atoms with Crippen molar-refractivity contribution in [2.75, 3.05) is 0 Å². The predicted molar refractivity (Wildman–Crippen MR) is 67.0 cm³/mol. The highest BCUT2D eigenvalue weighted by Gasteiger charge is 1.96. The van der Waals surface area contributed by atoms with Crippen molar-refractivity contribution in [1.82, 2.24) is 0 Å². The van der Waals surface area contributed by atoms with Gasteiger partial charge in [-0.05, 0) is 60.0 Å². The lowest BCUT2D eigenvalue weighted by atomic mass is 10.2. The molecule has 0 radical (unpaired) electrons. The molecule has 14 heavy (non-hydrogen) atoms. The van der Waals surface area contributed by atoms with E-state index < -0.39 is 0 Å². The molecular formula is C12H12S2. The third kappa shape index (κ3) is 1.97. The van der Waals surface area contributed by atoms with Crippen LogP contribution in [0.1, 0.15) is 20.9 Å². The fraction of sp³-hybridized carbons (Fsp3) is 0.167. The van der Waals surface area contributed by atoms with Crippen molar-refractivity contribution in [2.45, 2.75) is 13.8 Å². The number of thiophene rings is 2. The van der Waals surface area contributed by atoms with Gasteiger partial charge in [-0.25, -0.2) is 0 Å². The Labute approximate surface area is 92.5 Å². The van der Waals surface area contributed by atoms with Crippen molar-refractivity contribution in [3.63, 3.8) is 0 Å². The van der Waals surface area contributed by atoms with E-state index in [9.17, 15) is 0 Å². The van der Waals surface area contributed by atoms with Gasteiger partial charge in [0.05, 0.1) is 0 Å². The Morgan fingerprint density at radius 1 is 0.857 bits per heavy atom. The van der Waals surface area contributed by atoms with Crippen molar-refractivity contribution in [3.8, 4) is 0 Å². The van der Waals surface area contributed by atoms with Gasteiger partial charge >= 0.3 is 0 Å². The molecule has 0 fully saturated rings. The van der Waals surface area contributed by atoms with E-state index in [-0.39, 0.29) is 0 Å². The normalized spacial score (nSPS) is 11.3. The molecule has 2 heteroatoms. The second-order valence-electron chi connectivity index (χ2n) is 3.27. The highest BCUT2D eigenvalue weighted by atomic mass is 32.1. The minimum Gasteiger partial charge on any atom is -0.144 e. The monoisotopic (exact) mass is 220 g/mol. The molecule has 72 valence electrons. The average Bonchev–Trinajstić information content (AvgIpc) is 2.72. The van der Waals surface area contributed by atoms with E-state index in [1.165, 1.54) is 20.9 Å². The lowest BCUT2D eigenvalue weighted by molar-refractivity contribution is 1.53. The zero-order valence-electron chi connectivity index (χ0n) is 8.28. The summed E-state index contributed by atoms with van der Waals surface area (Å²) in [5.74, 6) is 0. The molecule has 0 bridgehead atoms. The molecule has 2 aromatic heterocycles. The molecule has 0 saturated carbocycles. The number of aryl methyl sites for hydroxylation is 2. The Bertz CT molecular complexity index is 404. The van der Waals surface area contributed by atoms with Crippen molar-refractivity contribution in [1.29, 1.82) is 0 Å². The fourth-order valence-corrected chi connectivity index (χ4v) is 2.90. The van der Waals surface area contributed by atoms with Crippen LogP contribution in [0.2, 0.25) is 0 Å². The van der Waals surface area contributed by atoms with E-state index in [0.717, 1.165) is 0 Å². The van der Waals surface area contributed by atoms with Gasteiger partial charge in [-0.15, -0.1) is 22.7 Å². The standard InChI is InChI=1S/C12H12S2/c1-9-5-7-13-11(9)3-4-12-10(2)6-8-14-12/h3-8H,1-2H3. The summed E-state index contributed by atoms with van der Waals surface area (Å²) in [6, 6.07) is 4.32. The van der Waals surface area contributed by atoms with Gasteiger partial charge in [0.15, 0.2) is 0 Å². The van der Waals surface area contributed by atoms with Crippen LogP contribution in [0.4, 0.5) is 0 Å². The van der Waals surface area contributed by atoms with Crippen LogP contribution in [0.5, 0.6) is 0 Å². The van der Waals surface area contributed by atoms with E-state index in [4.69, 9.17) is 0 Å². The van der Waals surface area contributed by atoms with E-state index in [0.29, 0.717) is 0 Å². The minimum atomic E-state index is 1.36. The zero-order valence-corrected chi connectivity index (χ0v) is 9.91. The first-order chi connectivity index (χ1) is 6.77. The molecule has 2 aromatic rings. The second-order valence-corrected chi connectivity index (χ2v) is 5.16. The highest BCUT2D eigenvalue weighted by molar-refractivity contribution is 7.12. The van der Waals surface area contributed by atoms with Crippen molar-refractivity contribution in [2.24, 2.45) is 0 Å². The van der Waals surface area contributed by atoms with E-state index in [2.05, 4.69) is 48.9 Å². The van der Waals surface area contributed by atoms with Crippen LogP contribution in [-0.2, 0) is 0 Å². The quantitative estimate of drug-likeness (QED) is 0.694. The minimum absolute atomic E-state index is 1.36. The van der Waals surface area contributed by atoms with Crippen LogP contribution in [0, 0.1) is 13.8 Å². The van der Waals surface area contributed by atoms with Gasteiger partial charge in [0, 0.05) is 9.75 Å². The Morgan fingerprint density at radius 3 is 1.57 bits per heavy atom. The molecule has 0 spiro atoms. The maximum atomic E-state index is 2.21. The first-order valence-corrected chi connectivity index (χ1v) is 6.29. The first kappa shape index (κ1) is 9.69. The molecule has 0 unspecified atom stereocenters. The molecule has 0 aliphatic carbocycles. The predicted octanol–water partition coefficient (Wildman–Crippen LogP) is 4.60. The van der Waals surface area contributed by atoms with Crippen LogP contribution in [0.15, 0.2) is 22.9 Å². The highest BCUT2D eigenvalue weighted by Crippen LogP contribution is 2.22. The molecule has 0 aliphatic heterocycles. The molecule has 0 atom stereocenters. The topological polar surface area (TPSA) is 0 Å². The van der Waals surface area contributed by atoms with Crippen LogP contribution < -0.4 is 0 Å². The summed E-state index contributed by atoms with van der Waals surface area (Å²) in [6.07, 6.45) is 4.41. The molecular weight excluding hydrogens is 208 g/mol. The van der Waals surface area contributed by atoms with Gasteiger partial charge in [0.25, 0.3) is 0 Å². The summed E-state index contributed by atoms with van der Waals surface area (Å²) >= 11 is 3.59. The van der Waals surface area contributed by atoms with Crippen LogP contribution in [-0.4, -0.2) is 0 Å². The van der Waals surface area contributed by atoms with Gasteiger partial charge in [-0.1, -0.05) is 0 Å². The van der Waals surface area contributed by atoms with Crippen molar-refractivity contribution >= 4 is 34.8 Å². The van der Waals surface area contributed by atoms with Gasteiger partial charge in [-0.2, -0.15) is 0 Å². The van der Waals surface area contributed by atoms with Crippen LogP contribution in [0.3, 0.4) is 0 Å². The average molecular weight is 220 g/mol. The molecule has 0 amide bonds. The van der Waals surface area contributed by atoms with Crippen molar-refractivity contribution < 1.29 is 0 Å². The number of hydrogen-bond donors (Lipinski definition) is 0. The van der Waals surface area contributed by atoms with Crippen molar-refractivity contribution in [3.05, 3.63) is 43.8 Å². The summed E-state index contributed by atoms with van der Waals surface area (Å²) in [6.45, 7) is 4.30. The van der Waals surface area contributed by atoms with E-state index in [1.807, 2.05) is 0 Å². The molecule has 2 heterocycles. The summed E-state index contributed by atoms with van der Waals surface area (Å²) < 4.78 is 0. The van der Waals surface area contributed by atoms with E-state index >= 15 is 0 Å². The number of hydrogen-bond acceptors (Lipinski definition) is 2. The third-order valence-corrected chi connectivity index (χ3v) is 4.16. The first-order valence-electron chi connectivity index (χ1n) is 4.53. The van der Waals surface area contributed by atoms with Gasteiger partial charge < -0.3 is 0 Å². The Hall–Kier alpha value is -0.860. The Kier molecular flexibility index (Phi) is 2.85. The summed E-state index contributed by atoms with van der Waals surface area (Å²) in [5.41, 5.74) is 2.72. The largest absolute Gasteiger partial charge is 0.144 e. The van der Waals surface area contributed by atoms with Crippen LogP contribution >= 0.6 is 22.7 Å². The van der Waals surface area contributed by atoms with Gasteiger partial charge in [0.1, 0.15) is 0 Å². The number of rotatable bonds is 2. The molecule has 0 saturated heterocycles.